The van der Waals surface area contributed by atoms with Crippen LogP contribution < -0.4 is 16.3 Å². The second-order valence-corrected chi connectivity index (χ2v) is 5.62. The molecule has 2 aromatic rings. The molecule has 1 atom stereocenters. The average Bonchev–Trinajstić information content (AvgIpc) is 2.45. The Morgan fingerprint density at radius 3 is 2.77 bits per heavy atom. The number of urea groups is 1. The predicted molar refractivity (Wildman–Crippen MR) is 85.2 cm³/mol. The number of carbonyl (C=O) groups excluding carboxylic acids is 1. The summed E-state index contributed by atoms with van der Waals surface area (Å²) < 4.78 is 5.13. The van der Waals surface area contributed by atoms with E-state index in [4.69, 9.17) is 4.42 Å². The molecular formula is C16H20N2O4. The van der Waals surface area contributed by atoms with Gasteiger partial charge in [-0.15, -0.1) is 0 Å². The Morgan fingerprint density at radius 1 is 1.36 bits per heavy atom. The van der Waals surface area contributed by atoms with Gasteiger partial charge in [-0.1, -0.05) is 6.92 Å². The number of fused-ring (bicyclic) bond motifs is 1. The molecule has 0 aliphatic carbocycles. The van der Waals surface area contributed by atoms with Crippen LogP contribution in [0.5, 0.6) is 0 Å². The first-order chi connectivity index (χ1) is 10.3. The molecule has 0 saturated heterocycles. The highest BCUT2D eigenvalue weighted by Crippen LogP contribution is 2.20. The van der Waals surface area contributed by atoms with Crippen molar-refractivity contribution in [2.75, 3.05) is 11.9 Å². The van der Waals surface area contributed by atoms with E-state index in [1.54, 1.807) is 25.1 Å². The molecule has 3 N–H and O–H groups in total. The lowest BCUT2D eigenvalue weighted by Crippen LogP contribution is -2.41. The summed E-state index contributed by atoms with van der Waals surface area (Å²) in [6, 6.07) is 6.11. The van der Waals surface area contributed by atoms with Crippen molar-refractivity contribution in [1.82, 2.24) is 5.32 Å². The van der Waals surface area contributed by atoms with Crippen LogP contribution in [0.3, 0.4) is 0 Å². The number of nitrogens with one attached hydrogen (secondary N) is 2. The Bertz CT molecular complexity index is 749. The molecule has 1 aromatic carbocycles. The lowest BCUT2D eigenvalue weighted by molar-refractivity contribution is 0.0587. The lowest BCUT2D eigenvalue weighted by Gasteiger charge is -2.21. The summed E-state index contributed by atoms with van der Waals surface area (Å²) in [5.74, 6) is 0. The lowest BCUT2D eigenvalue weighted by atomic mass is 10.0. The SMILES string of the molecule is CCC(C)(O)CNC(=O)Nc1ccc2c(C)cc(=O)oc2c1. The summed E-state index contributed by atoms with van der Waals surface area (Å²) in [4.78, 5) is 23.2. The van der Waals surface area contributed by atoms with Crippen LogP contribution in [-0.2, 0) is 0 Å². The number of hydrogen-bond acceptors (Lipinski definition) is 4. The van der Waals surface area contributed by atoms with Gasteiger partial charge < -0.3 is 20.2 Å². The highest BCUT2D eigenvalue weighted by Gasteiger charge is 2.18. The molecule has 118 valence electrons. The van der Waals surface area contributed by atoms with Gasteiger partial charge in [0.05, 0.1) is 5.60 Å². The largest absolute Gasteiger partial charge is 0.423 e. The van der Waals surface area contributed by atoms with Gasteiger partial charge in [0, 0.05) is 29.8 Å². The standard InChI is InChI=1S/C16H20N2O4/c1-4-16(3,21)9-17-15(20)18-11-5-6-12-10(2)7-14(19)22-13(12)8-11/h5-8,21H,4,9H2,1-3H3,(H2,17,18,20). The zero-order valence-electron chi connectivity index (χ0n) is 12.9. The van der Waals surface area contributed by atoms with Crippen LogP contribution in [-0.4, -0.2) is 23.3 Å². The fourth-order valence-corrected chi connectivity index (χ4v) is 1.97. The van der Waals surface area contributed by atoms with E-state index < -0.39 is 17.3 Å². The molecule has 0 radical (unpaired) electrons. The average molecular weight is 304 g/mol. The van der Waals surface area contributed by atoms with Crippen molar-refractivity contribution in [2.24, 2.45) is 0 Å². The van der Waals surface area contributed by atoms with Crippen molar-refractivity contribution in [1.29, 1.82) is 0 Å². The molecule has 22 heavy (non-hydrogen) atoms. The second-order valence-electron chi connectivity index (χ2n) is 5.62. The summed E-state index contributed by atoms with van der Waals surface area (Å²) in [5, 5.41) is 15.9. The van der Waals surface area contributed by atoms with E-state index in [0.29, 0.717) is 17.7 Å². The molecule has 0 aliphatic rings. The van der Waals surface area contributed by atoms with Crippen molar-refractivity contribution in [2.45, 2.75) is 32.8 Å². The van der Waals surface area contributed by atoms with Crippen molar-refractivity contribution < 1.29 is 14.3 Å². The van der Waals surface area contributed by atoms with E-state index in [0.717, 1.165) is 10.9 Å². The minimum Gasteiger partial charge on any atom is -0.423 e. The van der Waals surface area contributed by atoms with Gasteiger partial charge in [-0.25, -0.2) is 9.59 Å². The quantitative estimate of drug-likeness (QED) is 0.756. The number of anilines is 1. The van der Waals surface area contributed by atoms with Gasteiger partial charge in [0.15, 0.2) is 0 Å². The zero-order chi connectivity index (χ0) is 16.3. The van der Waals surface area contributed by atoms with Gasteiger partial charge in [0.25, 0.3) is 0 Å². The van der Waals surface area contributed by atoms with E-state index in [1.807, 2.05) is 13.8 Å². The molecular weight excluding hydrogens is 284 g/mol. The van der Waals surface area contributed by atoms with Crippen LogP contribution in [0.1, 0.15) is 25.8 Å². The molecule has 2 rings (SSSR count). The summed E-state index contributed by atoms with van der Waals surface area (Å²) in [6.07, 6.45) is 0.535. The monoisotopic (exact) mass is 304 g/mol. The fourth-order valence-electron chi connectivity index (χ4n) is 1.97. The van der Waals surface area contributed by atoms with Crippen LogP contribution in [0.2, 0.25) is 0 Å². The molecule has 0 saturated carbocycles. The first-order valence-electron chi connectivity index (χ1n) is 7.12. The first-order valence-corrected chi connectivity index (χ1v) is 7.12. The molecule has 0 bridgehead atoms. The summed E-state index contributed by atoms with van der Waals surface area (Å²) in [6.45, 7) is 5.47. The molecule has 0 fully saturated rings. The summed E-state index contributed by atoms with van der Waals surface area (Å²) in [5.41, 5.74) is 0.384. The van der Waals surface area contributed by atoms with Gasteiger partial charge in [0.2, 0.25) is 0 Å². The third kappa shape index (κ3) is 3.85. The van der Waals surface area contributed by atoms with Crippen molar-refractivity contribution >= 4 is 22.7 Å². The van der Waals surface area contributed by atoms with Gasteiger partial charge in [-0.3, -0.25) is 0 Å². The van der Waals surface area contributed by atoms with Gasteiger partial charge >= 0.3 is 11.7 Å². The Balaban J connectivity index is 2.12. The van der Waals surface area contributed by atoms with E-state index in [1.165, 1.54) is 6.07 Å². The maximum absolute atomic E-state index is 11.8. The highest BCUT2D eigenvalue weighted by atomic mass is 16.4. The maximum Gasteiger partial charge on any atom is 0.336 e. The van der Waals surface area contributed by atoms with Crippen LogP contribution >= 0.6 is 0 Å². The maximum atomic E-state index is 11.8. The third-order valence-corrected chi connectivity index (χ3v) is 3.60. The van der Waals surface area contributed by atoms with E-state index in [9.17, 15) is 14.7 Å². The number of rotatable bonds is 4. The number of carbonyl (C=O) groups is 1. The molecule has 1 heterocycles. The van der Waals surface area contributed by atoms with Crippen LogP contribution in [0.25, 0.3) is 11.0 Å². The molecule has 2 amide bonds. The first kappa shape index (κ1) is 16.0. The van der Waals surface area contributed by atoms with Crippen molar-refractivity contribution in [3.63, 3.8) is 0 Å². The molecule has 1 unspecified atom stereocenters. The Hall–Kier alpha value is -2.34. The second kappa shape index (κ2) is 6.19. The molecule has 1 aromatic heterocycles. The fraction of sp³-hybridized carbons (Fsp3) is 0.375. The smallest absolute Gasteiger partial charge is 0.336 e. The molecule has 6 nitrogen and oxygen atoms in total. The minimum atomic E-state index is -0.940. The summed E-state index contributed by atoms with van der Waals surface area (Å²) >= 11 is 0. The Kier molecular flexibility index (Phi) is 4.51. The Morgan fingerprint density at radius 2 is 2.09 bits per heavy atom. The van der Waals surface area contributed by atoms with Crippen LogP contribution in [0, 0.1) is 6.92 Å². The Labute approximate surface area is 128 Å². The minimum absolute atomic E-state index is 0.150. The number of amides is 2. The van der Waals surface area contributed by atoms with Gasteiger partial charge in [-0.2, -0.15) is 0 Å². The highest BCUT2D eigenvalue weighted by molar-refractivity contribution is 5.92. The number of benzene rings is 1. The van der Waals surface area contributed by atoms with Crippen molar-refractivity contribution in [3.8, 4) is 0 Å². The molecule has 6 heteroatoms. The number of aryl methyl sites for hydroxylation is 1. The van der Waals surface area contributed by atoms with E-state index >= 15 is 0 Å². The predicted octanol–water partition coefficient (Wildman–Crippen LogP) is 2.38. The summed E-state index contributed by atoms with van der Waals surface area (Å²) in [7, 11) is 0. The third-order valence-electron chi connectivity index (χ3n) is 3.60. The molecule has 0 spiro atoms. The van der Waals surface area contributed by atoms with Crippen LogP contribution in [0.4, 0.5) is 10.5 Å². The molecule has 0 aliphatic heterocycles. The zero-order valence-corrected chi connectivity index (χ0v) is 12.9. The van der Waals surface area contributed by atoms with E-state index in [-0.39, 0.29) is 6.54 Å². The van der Waals surface area contributed by atoms with E-state index in [2.05, 4.69) is 10.6 Å². The van der Waals surface area contributed by atoms with Crippen LogP contribution in [0.15, 0.2) is 33.5 Å². The number of hydrogen-bond donors (Lipinski definition) is 3. The van der Waals surface area contributed by atoms with Gasteiger partial charge in [-0.05, 0) is 38.0 Å². The van der Waals surface area contributed by atoms with Gasteiger partial charge in [0.1, 0.15) is 5.58 Å². The number of aliphatic hydroxyl groups is 1. The normalized spacial score (nSPS) is 13.6. The van der Waals surface area contributed by atoms with Crippen molar-refractivity contribution in [3.05, 3.63) is 40.2 Å². The topological polar surface area (TPSA) is 91.6 Å².